The summed E-state index contributed by atoms with van der Waals surface area (Å²) in [4.78, 5) is 0. The lowest BCUT2D eigenvalue weighted by atomic mass is 10.1. The van der Waals surface area contributed by atoms with E-state index in [0.29, 0.717) is 11.9 Å². The molecule has 0 aliphatic carbocycles. The van der Waals surface area contributed by atoms with Crippen LogP contribution in [0.15, 0.2) is 18.7 Å². The van der Waals surface area contributed by atoms with Gasteiger partial charge in [-0.25, -0.2) is 19.7 Å². The highest BCUT2D eigenvalue weighted by molar-refractivity contribution is 6.52. The molecular weight excluding hydrogens is 250 g/mol. The van der Waals surface area contributed by atoms with E-state index < -0.39 is 14.5 Å². The Balaban J connectivity index is 0. The Labute approximate surface area is 103 Å². The highest BCUT2D eigenvalue weighted by Gasteiger charge is 2.07. The molecule has 4 nitrogen and oxygen atoms in total. The molecule has 10 heteroatoms. The van der Waals surface area contributed by atoms with Crippen LogP contribution in [-0.2, 0) is 13.6 Å². The van der Waals surface area contributed by atoms with Gasteiger partial charge in [0.15, 0.2) is 0 Å². The summed E-state index contributed by atoms with van der Waals surface area (Å²) >= 11 is 0. The fourth-order valence-corrected chi connectivity index (χ4v) is 0.689. The monoisotopic (exact) mass is 261 g/mol. The predicted octanol–water partition coefficient (Wildman–Crippen LogP) is 1.29. The molecular formula is C8H11B2F4N4+. The average Bonchev–Trinajstić information content (AvgIpc) is 2.76. The molecule has 18 heavy (non-hydrogen) atoms. The number of nitrogens with zero attached hydrogens (tertiary/aromatic N) is 4. The molecule has 0 radical (unpaired) electrons. The second kappa shape index (κ2) is 11.5. The molecule has 0 unspecified atom stereocenters. The molecule has 1 aromatic rings. The summed E-state index contributed by atoms with van der Waals surface area (Å²) in [5, 5.41) is 14.3. The van der Waals surface area contributed by atoms with Gasteiger partial charge in [-0.15, -0.1) is 0 Å². The highest BCUT2D eigenvalue weighted by atomic mass is 19.2. The quantitative estimate of drug-likeness (QED) is 0.434. The van der Waals surface area contributed by atoms with Crippen molar-refractivity contribution in [2.24, 2.45) is 7.05 Å². The van der Waals surface area contributed by atoms with Gasteiger partial charge in [0.05, 0.1) is 25.5 Å². The second-order valence-electron chi connectivity index (χ2n) is 2.77. The molecule has 0 saturated heterocycles. The molecule has 1 aromatic heterocycles. The number of nitriles is 2. The minimum Gasteiger partial charge on any atom is -0.272 e. The van der Waals surface area contributed by atoms with Crippen LogP contribution in [0.5, 0.6) is 0 Å². The smallest absolute Gasteiger partial charge is 0.272 e. The van der Waals surface area contributed by atoms with Gasteiger partial charge in [0.25, 0.3) is 0 Å². The Kier molecular flexibility index (Phi) is 11.8. The summed E-state index contributed by atoms with van der Waals surface area (Å²) < 4.78 is 45.8. The van der Waals surface area contributed by atoms with E-state index in [1.165, 1.54) is 0 Å². The first kappa shape index (κ1) is 18.4. The van der Waals surface area contributed by atoms with E-state index in [2.05, 4.69) is 24.0 Å². The molecule has 0 aromatic carbocycles. The lowest BCUT2D eigenvalue weighted by molar-refractivity contribution is -0.671. The second-order valence-corrected chi connectivity index (χ2v) is 2.77. The van der Waals surface area contributed by atoms with E-state index in [0.717, 1.165) is 6.54 Å². The number of aryl methyl sites for hydroxylation is 2. The average molecular weight is 261 g/mol. The van der Waals surface area contributed by atoms with E-state index in [-0.39, 0.29) is 0 Å². The van der Waals surface area contributed by atoms with Gasteiger partial charge >= 0.3 is 14.5 Å². The molecule has 0 N–H and O–H groups in total. The van der Waals surface area contributed by atoms with E-state index in [1.54, 1.807) is 0 Å². The standard InChI is InChI=1S/C6H11N2.2CBF2N/c1-3-8-5-4-7(2)6-8;2*3-2(4)1-5/h4-6H,3H2,1-2H3;;/q+1;;. The first-order chi connectivity index (χ1) is 8.37. The number of aromatic nitrogens is 2. The van der Waals surface area contributed by atoms with Gasteiger partial charge in [-0.05, 0) is 6.92 Å². The van der Waals surface area contributed by atoms with Crippen LogP contribution in [0.25, 0.3) is 0 Å². The maximum absolute atomic E-state index is 10.4. The SMILES string of the molecule is CCn1cc[n+](C)c1.N#CB(F)F.N#CB(F)F. The molecule has 0 aliphatic rings. The van der Waals surface area contributed by atoms with Gasteiger partial charge in [0.2, 0.25) is 6.33 Å². The van der Waals surface area contributed by atoms with Crippen LogP contribution in [0.4, 0.5) is 17.3 Å². The fourth-order valence-electron chi connectivity index (χ4n) is 0.689. The Morgan fingerprint density at radius 1 is 1.17 bits per heavy atom. The van der Waals surface area contributed by atoms with Gasteiger partial charge in [0, 0.05) is 0 Å². The summed E-state index contributed by atoms with van der Waals surface area (Å²) in [6.07, 6.45) is 6.14. The molecule has 0 saturated carbocycles. The molecule has 0 spiro atoms. The first-order valence-electron chi connectivity index (χ1n) is 4.73. The van der Waals surface area contributed by atoms with Crippen molar-refractivity contribution < 1.29 is 21.8 Å². The van der Waals surface area contributed by atoms with Crippen molar-refractivity contribution in [1.82, 2.24) is 4.57 Å². The van der Waals surface area contributed by atoms with Crippen molar-refractivity contribution in [3.05, 3.63) is 18.7 Å². The summed E-state index contributed by atoms with van der Waals surface area (Å²) in [6, 6.07) is 0. The van der Waals surface area contributed by atoms with Gasteiger partial charge < -0.3 is 0 Å². The summed E-state index contributed by atoms with van der Waals surface area (Å²) in [5.41, 5.74) is 0. The molecule has 96 valence electrons. The third kappa shape index (κ3) is 14.0. The topological polar surface area (TPSA) is 56.4 Å². The van der Waals surface area contributed by atoms with Gasteiger partial charge in [0.1, 0.15) is 12.4 Å². The lowest BCUT2D eigenvalue weighted by Crippen LogP contribution is -2.23. The number of halogens is 4. The zero-order valence-electron chi connectivity index (χ0n) is 9.89. The van der Waals surface area contributed by atoms with Crippen LogP contribution >= 0.6 is 0 Å². The minimum atomic E-state index is -2.81. The first-order valence-corrected chi connectivity index (χ1v) is 4.73. The van der Waals surface area contributed by atoms with E-state index in [9.17, 15) is 17.3 Å². The highest BCUT2D eigenvalue weighted by Crippen LogP contribution is 1.79. The van der Waals surface area contributed by atoms with Crippen LogP contribution in [0.3, 0.4) is 0 Å². The zero-order chi connectivity index (χ0) is 14.6. The molecule has 0 fully saturated rings. The van der Waals surface area contributed by atoms with Gasteiger partial charge in [-0.2, -0.15) is 0 Å². The minimum absolute atomic E-state index is 0.694. The van der Waals surface area contributed by atoms with Crippen molar-refractivity contribution in [3.8, 4) is 11.9 Å². The van der Waals surface area contributed by atoms with Crippen molar-refractivity contribution >= 4 is 14.5 Å². The summed E-state index contributed by atoms with van der Waals surface area (Å²) in [5.74, 6) is 1.39. The van der Waals surface area contributed by atoms with E-state index in [4.69, 9.17) is 10.5 Å². The van der Waals surface area contributed by atoms with E-state index in [1.807, 2.05) is 17.8 Å². The lowest BCUT2D eigenvalue weighted by Gasteiger charge is -1.81. The molecule has 0 bridgehead atoms. The Bertz CT molecular complexity index is 379. The van der Waals surface area contributed by atoms with E-state index >= 15 is 0 Å². The van der Waals surface area contributed by atoms with Crippen molar-refractivity contribution in [3.63, 3.8) is 0 Å². The molecule has 0 amide bonds. The van der Waals surface area contributed by atoms with Crippen molar-refractivity contribution in [1.29, 1.82) is 10.5 Å². The third-order valence-electron chi connectivity index (χ3n) is 1.38. The normalized spacial score (nSPS) is 7.56. The Morgan fingerprint density at radius 3 is 1.67 bits per heavy atom. The number of hydrogen-bond donors (Lipinski definition) is 0. The molecule has 0 atom stereocenters. The van der Waals surface area contributed by atoms with Crippen molar-refractivity contribution in [2.45, 2.75) is 13.5 Å². The van der Waals surface area contributed by atoms with Gasteiger partial charge in [-0.1, -0.05) is 0 Å². The number of imidazole rings is 1. The van der Waals surface area contributed by atoms with Crippen LogP contribution < -0.4 is 4.57 Å². The van der Waals surface area contributed by atoms with Crippen LogP contribution in [0, 0.1) is 22.5 Å². The van der Waals surface area contributed by atoms with Crippen LogP contribution in [0.2, 0.25) is 0 Å². The Hall–Kier alpha value is -1.96. The fraction of sp³-hybridized carbons (Fsp3) is 0.375. The maximum atomic E-state index is 10.4. The maximum Gasteiger partial charge on any atom is 0.655 e. The molecule has 0 aliphatic heterocycles. The molecule has 1 rings (SSSR count). The van der Waals surface area contributed by atoms with Gasteiger partial charge in [-0.3, -0.25) is 17.3 Å². The Morgan fingerprint density at radius 2 is 1.56 bits per heavy atom. The number of hydrogen-bond acceptors (Lipinski definition) is 2. The summed E-state index contributed by atoms with van der Waals surface area (Å²) in [6.45, 7) is 3.18. The van der Waals surface area contributed by atoms with Crippen LogP contribution in [0.1, 0.15) is 6.92 Å². The van der Waals surface area contributed by atoms with Crippen molar-refractivity contribution in [2.75, 3.05) is 0 Å². The zero-order valence-corrected chi connectivity index (χ0v) is 9.89. The largest absolute Gasteiger partial charge is 0.655 e. The number of rotatable bonds is 1. The van der Waals surface area contributed by atoms with Crippen LogP contribution in [-0.4, -0.2) is 19.1 Å². The molecule has 1 heterocycles. The predicted molar refractivity (Wildman–Crippen MR) is 58.4 cm³/mol. The third-order valence-corrected chi connectivity index (χ3v) is 1.38. The summed E-state index contributed by atoms with van der Waals surface area (Å²) in [7, 11) is -3.60.